The summed E-state index contributed by atoms with van der Waals surface area (Å²) in [5.74, 6) is 1.64. The molecule has 3 aromatic rings. The molecule has 1 aliphatic rings. The van der Waals surface area contributed by atoms with Gasteiger partial charge in [0.2, 0.25) is 0 Å². The van der Waals surface area contributed by atoms with Crippen LogP contribution >= 0.6 is 15.9 Å². The first kappa shape index (κ1) is 15.6. The Hall–Kier alpha value is -2.87. The molecule has 0 fully saturated rings. The number of carbonyl (C=O) groups excluding carboxylic acids is 1. The van der Waals surface area contributed by atoms with Crippen LogP contribution in [0.25, 0.3) is 5.82 Å². The Bertz CT molecular complexity index is 910. The lowest BCUT2D eigenvalue weighted by Gasteiger charge is -2.20. The number of halogens is 1. The number of carbonyl (C=O) groups is 1. The van der Waals surface area contributed by atoms with E-state index in [1.165, 1.54) is 6.20 Å². The topological polar surface area (TPSA) is 78.3 Å². The largest absolute Gasteiger partial charge is 0.486 e. The lowest BCUT2D eigenvalue weighted by molar-refractivity contribution is 0.102. The minimum atomic E-state index is -0.267. The number of nitrogens with zero attached hydrogens (tertiary/aromatic N) is 3. The minimum absolute atomic E-state index is 0.267. The van der Waals surface area contributed by atoms with Crippen molar-refractivity contribution in [2.24, 2.45) is 0 Å². The molecule has 8 heteroatoms. The summed E-state index contributed by atoms with van der Waals surface area (Å²) >= 11 is 3.44. The van der Waals surface area contributed by atoms with Crippen molar-refractivity contribution >= 4 is 27.5 Å². The quantitative estimate of drug-likeness (QED) is 0.730. The molecule has 1 aliphatic heterocycles. The van der Waals surface area contributed by atoms with Crippen molar-refractivity contribution in [3.8, 4) is 17.3 Å². The normalized spacial score (nSPS) is 12.7. The summed E-state index contributed by atoms with van der Waals surface area (Å²) in [7, 11) is 0. The lowest BCUT2D eigenvalue weighted by atomic mass is 10.2. The molecule has 0 spiro atoms. The summed E-state index contributed by atoms with van der Waals surface area (Å²) in [5.41, 5.74) is 1.04. The van der Waals surface area contributed by atoms with Crippen LogP contribution < -0.4 is 14.8 Å². The Morgan fingerprint density at radius 1 is 1.20 bits per heavy atom. The van der Waals surface area contributed by atoms with Crippen LogP contribution in [-0.4, -0.2) is 33.9 Å². The van der Waals surface area contributed by atoms with Gasteiger partial charge in [0.1, 0.15) is 13.2 Å². The number of anilines is 1. The van der Waals surface area contributed by atoms with Gasteiger partial charge in [-0.1, -0.05) is 0 Å². The Morgan fingerprint density at radius 2 is 2.00 bits per heavy atom. The summed E-state index contributed by atoms with van der Waals surface area (Å²) in [6.45, 7) is 1.00. The Morgan fingerprint density at radius 3 is 2.68 bits per heavy atom. The summed E-state index contributed by atoms with van der Waals surface area (Å²) < 4.78 is 13.4. The van der Waals surface area contributed by atoms with Gasteiger partial charge in [0.25, 0.3) is 5.91 Å². The Labute approximate surface area is 151 Å². The lowest BCUT2D eigenvalue weighted by Crippen LogP contribution is -2.17. The van der Waals surface area contributed by atoms with E-state index in [1.54, 1.807) is 41.3 Å². The third-order valence-corrected chi connectivity index (χ3v) is 4.29. The van der Waals surface area contributed by atoms with E-state index < -0.39 is 0 Å². The van der Waals surface area contributed by atoms with Crippen molar-refractivity contribution in [2.75, 3.05) is 18.5 Å². The molecule has 0 atom stereocenters. The molecule has 0 aliphatic carbocycles. The van der Waals surface area contributed by atoms with E-state index in [0.717, 1.165) is 0 Å². The number of amides is 1. The third kappa shape index (κ3) is 3.20. The number of rotatable bonds is 3. The van der Waals surface area contributed by atoms with Crippen LogP contribution in [0.3, 0.4) is 0 Å². The van der Waals surface area contributed by atoms with E-state index in [1.807, 2.05) is 6.07 Å². The van der Waals surface area contributed by atoms with Gasteiger partial charge in [-0.3, -0.25) is 4.79 Å². The molecule has 0 saturated heterocycles. The number of hydrogen-bond acceptors (Lipinski definition) is 5. The fourth-order valence-corrected chi connectivity index (χ4v) is 2.84. The molecule has 7 nitrogen and oxygen atoms in total. The van der Waals surface area contributed by atoms with E-state index >= 15 is 0 Å². The second-order valence-electron chi connectivity index (χ2n) is 5.29. The molecule has 1 N–H and O–H groups in total. The van der Waals surface area contributed by atoms with Crippen molar-refractivity contribution in [2.45, 2.75) is 0 Å². The first-order chi connectivity index (χ1) is 12.2. The van der Waals surface area contributed by atoms with Gasteiger partial charge in [-0.15, -0.1) is 0 Å². The van der Waals surface area contributed by atoms with E-state index in [0.29, 0.717) is 46.3 Å². The second-order valence-corrected chi connectivity index (χ2v) is 6.14. The van der Waals surface area contributed by atoms with Crippen LogP contribution in [0.1, 0.15) is 10.4 Å². The Kier molecular flexibility index (Phi) is 4.10. The van der Waals surface area contributed by atoms with Gasteiger partial charge < -0.3 is 14.8 Å². The maximum Gasteiger partial charge on any atom is 0.257 e. The van der Waals surface area contributed by atoms with E-state index in [9.17, 15) is 4.79 Å². The zero-order valence-corrected chi connectivity index (χ0v) is 14.6. The second kappa shape index (κ2) is 6.56. The van der Waals surface area contributed by atoms with Crippen molar-refractivity contribution in [3.05, 3.63) is 59.0 Å². The summed E-state index contributed by atoms with van der Waals surface area (Å²) in [5, 5.41) is 6.95. The van der Waals surface area contributed by atoms with Crippen LogP contribution in [-0.2, 0) is 0 Å². The summed E-state index contributed by atoms with van der Waals surface area (Å²) in [4.78, 5) is 16.7. The van der Waals surface area contributed by atoms with E-state index in [4.69, 9.17) is 9.47 Å². The molecule has 0 radical (unpaired) electrons. The van der Waals surface area contributed by atoms with E-state index in [2.05, 4.69) is 31.3 Å². The number of hydrogen-bond donors (Lipinski definition) is 1. The smallest absolute Gasteiger partial charge is 0.257 e. The first-order valence-electron chi connectivity index (χ1n) is 7.57. The molecule has 0 saturated carbocycles. The minimum Gasteiger partial charge on any atom is -0.486 e. The number of fused-ring (bicyclic) bond motifs is 1. The first-order valence-corrected chi connectivity index (χ1v) is 8.36. The highest BCUT2D eigenvalue weighted by molar-refractivity contribution is 9.10. The third-order valence-electron chi connectivity index (χ3n) is 3.63. The van der Waals surface area contributed by atoms with Gasteiger partial charge in [0.15, 0.2) is 17.3 Å². The molecule has 2 aromatic heterocycles. The van der Waals surface area contributed by atoms with Gasteiger partial charge >= 0.3 is 0 Å². The predicted octanol–water partition coefficient (Wildman–Crippen LogP) is 3.05. The van der Waals surface area contributed by atoms with Gasteiger partial charge in [0, 0.05) is 35.2 Å². The van der Waals surface area contributed by atoms with Crippen LogP contribution in [0.4, 0.5) is 5.69 Å². The number of nitrogens with one attached hydrogen (secondary N) is 1. The number of benzene rings is 1. The average molecular weight is 401 g/mol. The van der Waals surface area contributed by atoms with Gasteiger partial charge in [-0.25, -0.2) is 9.67 Å². The molecule has 1 aromatic carbocycles. The SMILES string of the molecule is O=C(Nc1cc2c(cc1Br)OCCO2)c1ccc(-n2cccn2)nc1. The summed E-state index contributed by atoms with van der Waals surface area (Å²) in [6.07, 6.45) is 4.97. The molecule has 126 valence electrons. The van der Waals surface area contributed by atoms with Crippen molar-refractivity contribution in [1.29, 1.82) is 0 Å². The standard InChI is InChI=1S/C17H13BrN4O3/c18-12-8-14-15(25-7-6-24-14)9-13(12)21-17(23)11-2-3-16(19-10-11)22-5-1-4-20-22/h1-5,8-10H,6-7H2,(H,21,23). The number of pyridine rings is 1. The highest BCUT2D eigenvalue weighted by Gasteiger charge is 2.17. The van der Waals surface area contributed by atoms with Gasteiger partial charge in [-0.05, 0) is 34.1 Å². The Balaban J connectivity index is 1.54. The zero-order valence-electron chi connectivity index (χ0n) is 13.0. The highest BCUT2D eigenvalue weighted by Crippen LogP contribution is 2.38. The van der Waals surface area contributed by atoms with Crippen LogP contribution in [0.15, 0.2) is 53.4 Å². The number of ether oxygens (including phenoxy) is 2. The molecular weight excluding hydrogens is 388 g/mol. The molecule has 0 unspecified atom stereocenters. The van der Waals surface area contributed by atoms with Crippen molar-refractivity contribution < 1.29 is 14.3 Å². The van der Waals surface area contributed by atoms with Crippen molar-refractivity contribution in [3.63, 3.8) is 0 Å². The molecular formula is C17H13BrN4O3. The van der Waals surface area contributed by atoms with Gasteiger partial charge in [0.05, 0.1) is 11.3 Å². The van der Waals surface area contributed by atoms with Crippen LogP contribution in [0.2, 0.25) is 0 Å². The number of aromatic nitrogens is 3. The van der Waals surface area contributed by atoms with Crippen molar-refractivity contribution in [1.82, 2.24) is 14.8 Å². The molecule has 3 heterocycles. The van der Waals surface area contributed by atoms with Crippen LogP contribution in [0.5, 0.6) is 11.5 Å². The molecule has 4 rings (SSSR count). The fourth-order valence-electron chi connectivity index (χ4n) is 2.41. The van der Waals surface area contributed by atoms with Gasteiger partial charge in [-0.2, -0.15) is 5.10 Å². The average Bonchev–Trinajstić information content (AvgIpc) is 3.17. The molecule has 1 amide bonds. The predicted molar refractivity (Wildman–Crippen MR) is 94.4 cm³/mol. The maximum atomic E-state index is 12.5. The monoisotopic (exact) mass is 400 g/mol. The highest BCUT2D eigenvalue weighted by atomic mass is 79.9. The fraction of sp³-hybridized carbons (Fsp3) is 0.118. The maximum absolute atomic E-state index is 12.5. The van der Waals surface area contributed by atoms with E-state index in [-0.39, 0.29) is 5.91 Å². The van der Waals surface area contributed by atoms with Crippen LogP contribution in [0, 0.1) is 0 Å². The zero-order chi connectivity index (χ0) is 17.2. The molecule has 25 heavy (non-hydrogen) atoms. The molecule has 0 bridgehead atoms. The summed E-state index contributed by atoms with van der Waals surface area (Å²) in [6, 6.07) is 8.76.